The maximum Gasteiger partial charge on any atom is 0.235 e. The Kier molecular flexibility index (Phi) is 4.06. The molecular formula is C16H27NO3S. The summed E-state index contributed by atoms with van der Waals surface area (Å²) in [6.45, 7) is 3.74. The molecule has 4 aliphatic carbocycles. The smallest absolute Gasteiger partial charge is 0.235 e. The average Bonchev–Trinajstić information content (AvgIpc) is 2.30. The standard InChI is InChI=1S/C16H27NO3S/c1-10(2)8-21(19,20)9-15(18)17-16-13-4-11-3-12(6-13)7-14(16)5-11/h10-14,16H,3-9H2,1-2H3,(H,17,18). The topological polar surface area (TPSA) is 63.2 Å². The molecule has 5 heteroatoms. The largest absolute Gasteiger partial charge is 0.352 e. The molecule has 0 saturated heterocycles. The zero-order valence-electron chi connectivity index (χ0n) is 13.0. The Morgan fingerprint density at radius 2 is 1.57 bits per heavy atom. The highest BCUT2D eigenvalue weighted by Crippen LogP contribution is 2.53. The second-order valence-electron chi connectivity index (χ2n) is 7.97. The fourth-order valence-corrected chi connectivity index (χ4v) is 6.77. The molecule has 0 aromatic carbocycles. The highest BCUT2D eigenvalue weighted by atomic mass is 32.2. The molecule has 4 bridgehead atoms. The maximum atomic E-state index is 12.1. The monoisotopic (exact) mass is 313 g/mol. The molecule has 0 heterocycles. The van der Waals surface area contributed by atoms with Crippen molar-refractivity contribution < 1.29 is 13.2 Å². The first-order chi connectivity index (χ1) is 9.82. The highest BCUT2D eigenvalue weighted by molar-refractivity contribution is 7.92. The molecule has 0 radical (unpaired) electrons. The molecule has 4 saturated carbocycles. The van der Waals surface area contributed by atoms with Crippen LogP contribution in [0.2, 0.25) is 0 Å². The van der Waals surface area contributed by atoms with Gasteiger partial charge in [0.25, 0.3) is 0 Å². The molecule has 4 rings (SSSR count). The van der Waals surface area contributed by atoms with Gasteiger partial charge in [-0.1, -0.05) is 13.8 Å². The van der Waals surface area contributed by atoms with E-state index in [1.165, 1.54) is 32.1 Å². The molecule has 0 spiro atoms. The Labute approximate surface area is 128 Å². The first-order valence-electron chi connectivity index (χ1n) is 8.32. The van der Waals surface area contributed by atoms with Gasteiger partial charge in [-0.15, -0.1) is 0 Å². The number of rotatable bonds is 5. The van der Waals surface area contributed by atoms with E-state index >= 15 is 0 Å². The molecule has 0 aromatic rings. The van der Waals surface area contributed by atoms with E-state index in [-0.39, 0.29) is 29.4 Å². The minimum absolute atomic E-state index is 0.0731. The maximum absolute atomic E-state index is 12.1. The lowest BCUT2D eigenvalue weighted by atomic mass is 9.54. The summed E-state index contributed by atoms with van der Waals surface area (Å²) in [4.78, 5) is 12.1. The first-order valence-corrected chi connectivity index (χ1v) is 10.1. The average molecular weight is 313 g/mol. The van der Waals surface area contributed by atoms with Crippen LogP contribution in [0.15, 0.2) is 0 Å². The summed E-state index contributed by atoms with van der Waals surface area (Å²) in [5, 5.41) is 3.07. The normalized spacial score (nSPS) is 38.0. The van der Waals surface area contributed by atoms with Crippen molar-refractivity contribution in [3.05, 3.63) is 0 Å². The SMILES string of the molecule is CC(C)CS(=O)(=O)CC(=O)NC1C2CC3CC(C2)CC1C3. The number of sulfone groups is 1. The zero-order chi connectivity index (χ0) is 15.2. The third kappa shape index (κ3) is 3.43. The fraction of sp³-hybridized carbons (Fsp3) is 0.938. The summed E-state index contributed by atoms with van der Waals surface area (Å²) in [5.74, 6) is 2.47. The van der Waals surface area contributed by atoms with Crippen LogP contribution < -0.4 is 5.32 Å². The van der Waals surface area contributed by atoms with Gasteiger partial charge in [-0.2, -0.15) is 0 Å². The van der Waals surface area contributed by atoms with E-state index in [4.69, 9.17) is 0 Å². The molecule has 1 amide bonds. The van der Waals surface area contributed by atoms with Crippen LogP contribution in [0.25, 0.3) is 0 Å². The van der Waals surface area contributed by atoms with Crippen LogP contribution in [0.3, 0.4) is 0 Å². The van der Waals surface area contributed by atoms with Gasteiger partial charge in [0.15, 0.2) is 9.84 Å². The summed E-state index contributed by atoms with van der Waals surface area (Å²) in [6.07, 6.45) is 6.32. The molecule has 1 N–H and O–H groups in total. The lowest BCUT2D eigenvalue weighted by Gasteiger charge is -2.54. The van der Waals surface area contributed by atoms with Crippen LogP contribution in [0.5, 0.6) is 0 Å². The summed E-state index contributed by atoms with van der Waals surface area (Å²) in [6, 6.07) is 0.236. The number of hydrogen-bond donors (Lipinski definition) is 1. The Bertz CT molecular complexity index is 484. The third-order valence-electron chi connectivity index (χ3n) is 5.49. The van der Waals surface area contributed by atoms with Crippen LogP contribution in [-0.4, -0.2) is 31.9 Å². The van der Waals surface area contributed by atoms with Crippen molar-refractivity contribution in [2.45, 2.75) is 52.0 Å². The van der Waals surface area contributed by atoms with E-state index < -0.39 is 9.84 Å². The van der Waals surface area contributed by atoms with Crippen molar-refractivity contribution in [2.24, 2.45) is 29.6 Å². The van der Waals surface area contributed by atoms with Crippen molar-refractivity contribution in [1.29, 1.82) is 0 Å². The Hall–Kier alpha value is -0.580. The van der Waals surface area contributed by atoms with Gasteiger partial charge in [-0.05, 0) is 61.7 Å². The van der Waals surface area contributed by atoms with Gasteiger partial charge in [-0.25, -0.2) is 8.42 Å². The summed E-state index contributed by atoms with van der Waals surface area (Å²) >= 11 is 0. The lowest BCUT2D eigenvalue weighted by molar-refractivity contribution is -0.122. The number of amides is 1. The number of carbonyl (C=O) groups excluding carboxylic acids is 1. The van der Waals surface area contributed by atoms with Crippen molar-refractivity contribution in [3.63, 3.8) is 0 Å². The fourth-order valence-electron chi connectivity index (χ4n) is 5.15. The lowest BCUT2D eigenvalue weighted by Crippen LogP contribution is -2.56. The van der Waals surface area contributed by atoms with Gasteiger partial charge >= 0.3 is 0 Å². The van der Waals surface area contributed by atoms with Crippen molar-refractivity contribution in [3.8, 4) is 0 Å². The minimum atomic E-state index is -3.27. The molecule has 21 heavy (non-hydrogen) atoms. The van der Waals surface area contributed by atoms with E-state index in [0.29, 0.717) is 11.8 Å². The molecule has 4 fully saturated rings. The number of carbonyl (C=O) groups is 1. The van der Waals surface area contributed by atoms with Gasteiger partial charge in [0.2, 0.25) is 5.91 Å². The molecule has 4 nitrogen and oxygen atoms in total. The minimum Gasteiger partial charge on any atom is -0.352 e. The molecule has 0 atom stereocenters. The Balaban J connectivity index is 1.58. The van der Waals surface area contributed by atoms with E-state index in [2.05, 4.69) is 5.32 Å². The van der Waals surface area contributed by atoms with Gasteiger partial charge in [0, 0.05) is 6.04 Å². The third-order valence-corrected chi connectivity index (χ3v) is 7.37. The summed E-state index contributed by atoms with van der Waals surface area (Å²) < 4.78 is 23.9. The second kappa shape index (κ2) is 5.56. The first kappa shape index (κ1) is 15.3. The second-order valence-corrected chi connectivity index (χ2v) is 10.1. The quantitative estimate of drug-likeness (QED) is 0.844. The highest BCUT2D eigenvalue weighted by Gasteiger charge is 2.48. The predicted molar refractivity (Wildman–Crippen MR) is 82.5 cm³/mol. The van der Waals surface area contributed by atoms with Gasteiger partial charge < -0.3 is 5.32 Å². The van der Waals surface area contributed by atoms with Gasteiger partial charge in [0.1, 0.15) is 5.75 Å². The van der Waals surface area contributed by atoms with E-state index in [1.54, 1.807) is 0 Å². The Morgan fingerprint density at radius 1 is 1.05 bits per heavy atom. The van der Waals surface area contributed by atoms with Crippen LogP contribution >= 0.6 is 0 Å². The predicted octanol–water partition coefficient (Wildman–Crippen LogP) is 2.00. The van der Waals surface area contributed by atoms with Crippen LogP contribution in [0.1, 0.15) is 46.0 Å². The molecule has 120 valence electrons. The van der Waals surface area contributed by atoms with Gasteiger partial charge in [0.05, 0.1) is 5.75 Å². The zero-order valence-corrected chi connectivity index (χ0v) is 13.9. The number of nitrogens with one attached hydrogen (secondary N) is 1. The van der Waals surface area contributed by atoms with E-state index in [0.717, 1.165) is 11.8 Å². The van der Waals surface area contributed by atoms with Crippen LogP contribution in [0.4, 0.5) is 0 Å². The van der Waals surface area contributed by atoms with Crippen molar-refractivity contribution in [2.75, 3.05) is 11.5 Å². The molecule has 0 aromatic heterocycles. The van der Waals surface area contributed by atoms with Crippen molar-refractivity contribution >= 4 is 15.7 Å². The Morgan fingerprint density at radius 3 is 2.05 bits per heavy atom. The molecule has 4 aliphatic rings. The van der Waals surface area contributed by atoms with Crippen LogP contribution in [-0.2, 0) is 14.6 Å². The van der Waals surface area contributed by atoms with E-state index in [1.807, 2.05) is 13.8 Å². The number of hydrogen-bond acceptors (Lipinski definition) is 3. The molecule has 0 aliphatic heterocycles. The van der Waals surface area contributed by atoms with Gasteiger partial charge in [-0.3, -0.25) is 4.79 Å². The van der Waals surface area contributed by atoms with Crippen LogP contribution in [0, 0.1) is 29.6 Å². The molecular weight excluding hydrogens is 286 g/mol. The van der Waals surface area contributed by atoms with Crippen molar-refractivity contribution in [1.82, 2.24) is 5.32 Å². The molecule has 0 unspecified atom stereocenters. The summed E-state index contributed by atoms with van der Waals surface area (Å²) in [7, 11) is -3.27. The summed E-state index contributed by atoms with van der Waals surface area (Å²) in [5.41, 5.74) is 0. The van der Waals surface area contributed by atoms with E-state index in [9.17, 15) is 13.2 Å².